The molecule has 1 amide bonds. The Hall–Kier alpha value is -2.20. The van der Waals surface area contributed by atoms with Gasteiger partial charge < -0.3 is 10.1 Å². The summed E-state index contributed by atoms with van der Waals surface area (Å²) in [6.45, 7) is 7.14. The zero-order valence-electron chi connectivity index (χ0n) is 14.3. The fourth-order valence-corrected chi connectivity index (χ4v) is 2.38. The lowest BCUT2D eigenvalue weighted by molar-refractivity contribution is 0.164. The van der Waals surface area contributed by atoms with Crippen LogP contribution in [0.5, 0.6) is 0 Å². The summed E-state index contributed by atoms with van der Waals surface area (Å²) in [5.74, 6) is 0.539. The van der Waals surface area contributed by atoms with Crippen LogP contribution in [0, 0.1) is 0 Å². The lowest BCUT2D eigenvalue weighted by atomic mass is 10.0. The number of amides is 1. The minimum Gasteiger partial charge on any atom is -0.449 e. The molecule has 1 N–H and O–H groups in total. The quantitative estimate of drug-likeness (QED) is 0.698. The molecule has 0 bridgehead atoms. The van der Waals surface area contributed by atoms with Gasteiger partial charge in [0.2, 0.25) is 0 Å². The number of ether oxygens (including phenoxy) is 1. The van der Waals surface area contributed by atoms with Crippen molar-refractivity contribution in [3.05, 3.63) is 59.7 Å². The molecule has 0 aliphatic rings. The Morgan fingerprint density at radius 2 is 1.75 bits per heavy atom. The molecule has 128 valence electrons. The molecule has 0 radical (unpaired) electrons. The number of benzene rings is 2. The van der Waals surface area contributed by atoms with E-state index < -0.39 is 6.09 Å². The van der Waals surface area contributed by atoms with E-state index in [1.165, 1.54) is 11.1 Å². The molecule has 0 aliphatic carbocycles. The number of nitrogens with one attached hydrogen (secondary N) is 1. The van der Waals surface area contributed by atoms with Crippen molar-refractivity contribution in [2.24, 2.45) is 0 Å². The van der Waals surface area contributed by atoms with Crippen LogP contribution in [-0.2, 0) is 11.3 Å². The van der Waals surface area contributed by atoms with Crippen molar-refractivity contribution in [2.75, 3.05) is 16.3 Å². The van der Waals surface area contributed by atoms with E-state index in [9.17, 15) is 4.79 Å². The first-order valence-corrected chi connectivity index (χ1v) is 8.40. The van der Waals surface area contributed by atoms with Gasteiger partial charge in [-0.25, -0.2) is 4.79 Å². The van der Waals surface area contributed by atoms with Crippen molar-refractivity contribution in [2.45, 2.75) is 33.2 Å². The molecular formula is C19H23ClN2O2. The molecule has 0 spiro atoms. The lowest BCUT2D eigenvalue weighted by Crippen LogP contribution is -2.21. The van der Waals surface area contributed by atoms with Crippen LogP contribution in [0.15, 0.2) is 48.5 Å². The van der Waals surface area contributed by atoms with Crippen molar-refractivity contribution in [3.8, 4) is 0 Å². The van der Waals surface area contributed by atoms with E-state index in [-0.39, 0.29) is 6.61 Å². The molecule has 0 unspecified atom stereocenters. The smallest absolute Gasteiger partial charge is 0.429 e. The Labute approximate surface area is 148 Å². The summed E-state index contributed by atoms with van der Waals surface area (Å²) in [6, 6.07) is 15.9. The Morgan fingerprint density at radius 1 is 1.12 bits per heavy atom. The minimum absolute atomic E-state index is 0.289. The third-order valence-corrected chi connectivity index (χ3v) is 4.00. The van der Waals surface area contributed by atoms with Crippen LogP contribution in [0.25, 0.3) is 0 Å². The summed E-state index contributed by atoms with van der Waals surface area (Å²) in [7, 11) is 0. The molecule has 0 aliphatic heterocycles. The van der Waals surface area contributed by atoms with Crippen molar-refractivity contribution in [1.82, 2.24) is 0 Å². The van der Waals surface area contributed by atoms with Crippen LogP contribution >= 0.6 is 11.8 Å². The standard InChI is InChI=1S/C19H23ClN2O2/c1-4-24-19(23)22(20)18-11-9-17(10-12-18)21-13-15-5-7-16(8-6-15)14(2)3/h5-12,14,21H,4,13H2,1-3H3. The monoisotopic (exact) mass is 346 g/mol. The molecule has 4 nitrogen and oxygen atoms in total. The van der Waals surface area contributed by atoms with Crippen LogP contribution in [0.2, 0.25) is 0 Å². The maximum Gasteiger partial charge on any atom is 0.429 e. The second-order valence-corrected chi connectivity index (χ2v) is 6.11. The van der Waals surface area contributed by atoms with Gasteiger partial charge in [0.15, 0.2) is 0 Å². The second-order valence-electron chi connectivity index (χ2n) is 5.78. The molecule has 2 rings (SSSR count). The van der Waals surface area contributed by atoms with Crippen LogP contribution < -0.4 is 9.74 Å². The number of halogens is 1. The van der Waals surface area contributed by atoms with Gasteiger partial charge in [-0.2, -0.15) is 4.42 Å². The Kier molecular flexibility index (Phi) is 6.50. The summed E-state index contributed by atoms with van der Waals surface area (Å²) in [6.07, 6.45) is -0.579. The number of nitrogens with zero attached hydrogens (tertiary/aromatic N) is 1. The molecule has 0 fully saturated rings. The average molecular weight is 347 g/mol. The second kappa shape index (κ2) is 8.60. The summed E-state index contributed by atoms with van der Waals surface area (Å²) in [5, 5.41) is 3.35. The maximum absolute atomic E-state index is 11.6. The van der Waals surface area contributed by atoms with Crippen LogP contribution in [0.3, 0.4) is 0 Å². The lowest BCUT2D eigenvalue weighted by Gasteiger charge is -2.14. The minimum atomic E-state index is -0.579. The van der Waals surface area contributed by atoms with E-state index in [1.807, 2.05) is 12.1 Å². The normalized spacial score (nSPS) is 10.5. The highest BCUT2D eigenvalue weighted by Gasteiger charge is 2.13. The molecule has 2 aromatic rings. The van der Waals surface area contributed by atoms with Gasteiger partial charge in [-0.3, -0.25) is 0 Å². The molecule has 0 heterocycles. The van der Waals surface area contributed by atoms with Crippen molar-refractivity contribution in [3.63, 3.8) is 0 Å². The summed E-state index contributed by atoms with van der Waals surface area (Å²) >= 11 is 5.94. The van der Waals surface area contributed by atoms with Gasteiger partial charge in [-0.15, -0.1) is 0 Å². The van der Waals surface area contributed by atoms with E-state index in [2.05, 4.69) is 43.4 Å². The zero-order valence-corrected chi connectivity index (χ0v) is 15.0. The number of carbonyl (C=O) groups is 1. The molecule has 0 saturated heterocycles. The predicted octanol–water partition coefficient (Wildman–Crippen LogP) is 5.54. The topological polar surface area (TPSA) is 41.6 Å². The van der Waals surface area contributed by atoms with Crippen LogP contribution in [0.1, 0.15) is 37.8 Å². The van der Waals surface area contributed by atoms with Gasteiger partial charge in [-0.05, 0) is 48.2 Å². The number of rotatable bonds is 6. The molecule has 0 saturated carbocycles. The Balaban J connectivity index is 1.93. The van der Waals surface area contributed by atoms with E-state index >= 15 is 0 Å². The number of carbonyl (C=O) groups excluding carboxylic acids is 1. The van der Waals surface area contributed by atoms with Gasteiger partial charge in [-0.1, -0.05) is 38.1 Å². The number of hydrogen-bond donors (Lipinski definition) is 1. The van der Waals surface area contributed by atoms with Crippen molar-refractivity contribution < 1.29 is 9.53 Å². The highest BCUT2D eigenvalue weighted by molar-refractivity contribution is 6.35. The molecule has 2 aromatic carbocycles. The van der Waals surface area contributed by atoms with Crippen LogP contribution in [-0.4, -0.2) is 12.7 Å². The van der Waals surface area contributed by atoms with E-state index in [4.69, 9.17) is 16.5 Å². The van der Waals surface area contributed by atoms with Gasteiger partial charge in [0.1, 0.15) is 0 Å². The van der Waals surface area contributed by atoms with Gasteiger partial charge in [0.25, 0.3) is 0 Å². The molecular weight excluding hydrogens is 324 g/mol. The zero-order chi connectivity index (χ0) is 17.5. The third kappa shape index (κ3) is 4.90. The summed E-state index contributed by atoms with van der Waals surface area (Å²) in [5.41, 5.74) is 4.08. The van der Waals surface area contributed by atoms with Gasteiger partial charge in [0, 0.05) is 24.0 Å². The number of anilines is 2. The average Bonchev–Trinajstić information content (AvgIpc) is 2.60. The highest BCUT2D eigenvalue weighted by atomic mass is 35.5. The fraction of sp³-hybridized carbons (Fsp3) is 0.316. The Morgan fingerprint density at radius 3 is 2.29 bits per heavy atom. The van der Waals surface area contributed by atoms with Crippen molar-refractivity contribution >= 4 is 29.2 Å². The first-order valence-electron chi connectivity index (χ1n) is 8.06. The Bertz CT molecular complexity index is 654. The SMILES string of the molecule is CCOC(=O)N(Cl)c1ccc(NCc2ccc(C(C)C)cc2)cc1. The summed E-state index contributed by atoms with van der Waals surface area (Å²) < 4.78 is 5.83. The third-order valence-electron chi connectivity index (χ3n) is 3.67. The first kappa shape index (κ1) is 18.1. The van der Waals surface area contributed by atoms with Gasteiger partial charge in [0.05, 0.1) is 12.3 Å². The first-order chi connectivity index (χ1) is 11.5. The highest BCUT2D eigenvalue weighted by Crippen LogP contribution is 2.21. The predicted molar refractivity (Wildman–Crippen MR) is 99.7 cm³/mol. The van der Waals surface area contributed by atoms with E-state index in [1.54, 1.807) is 19.1 Å². The van der Waals surface area contributed by atoms with Crippen LogP contribution in [0.4, 0.5) is 16.2 Å². The van der Waals surface area contributed by atoms with E-state index in [0.717, 1.165) is 16.7 Å². The molecule has 24 heavy (non-hydrogen) atoms. The largest absolute Gasteiger partial charge is 0.449 e. The molecule has 0 atom stereocenters. The maximum atomic E-state index is 11.6. The molecule has 0 aromatic heterocycles. The number of hydrogen-bond acceptors (Lipinski definition) is 3. The van der Waals surface area contributed by atoms with Gasteiger partial charge >= 0.3 is 6.09 Å². The van der Waals surface area contributed by atoms with Crippen molar-refractivity contribution in [1.29, 1.82) is 0 Å². The summed E-state index contributed by atoms with van der Waals surface area (Å²) in [4.78, 5) is 11.6. The fourth-order valence-electron chi connectivity index (χ4n) is 2.22. The van der Waals surface area contributed by atoms with E-state index in [0.29, 0.717) is 11.6 Å². The molecule has 5 heteroatoms.